The molecular formula is C35H69O10P. The zero-order valence-corrected chi connectivity index (χ0v) is 30.2. The Morgan fingerprint density at radius 1 is 0.500 bits per heavy atom. The van der Waals surface area contributed by atoms with E-state index >= 15 is 0 Å². The van der Waals surface area contributed by atoms with Crippen molar-refractivity contribution in [2.45, 2.75) is 187 Å². The summed E-state index contributed by atoms with van der Waals surface area (Å²) in [6, 6.07) is 0. The van der Waals surface area contributed by atoms with Crippen molar-refractivity contribution >= 4 is 19.8 Å². The highest BCUT2D eigenvalue weighted by Gasteiger charge is 2.27. The van der Waals surface area contributed by atoms with Gasteiger partial charge in [0.05, 0.1) is 26.4 Å². The molecule has 11 heteroatoms. The molecule has 0 aliphatic heterocycles. The molecule has 0 aromatic carbocycles. The summed E-state index contributed by atoms with van der Waals surface area (Å²) >= 11 is 0. The average Bonchev–Trinajstić information content (AvgIpc) is 3.04. The summed E-state index contributed by atoms with van der Waals surface area (Å²) in [4.78, 5) is 34.0. The van der Waals surface area contributed by atoms with Crippen LogP contribution in [0.25, 0.3) is 0 Å². The van der Waals surface area contributed by atoms with Crippen molar-refractivity contribution in [3.63, 3.8) is 0 Å². The molecule has 0 saturated carbocycles. The zero-order valence-electron chi connectivity index (χ0n) is 29.3. The van der Waals surface area contributed by atoms with Gasteiger partial charge >= 0.3 is 19.8 Å². The Hall–Kier alpha value is -1.03. The van der Waals surface area contributed by atoms with Crippen LogP contribution in [0, 0.1) is 0 Å². The van der Waals surface area contributed by atoms with Crippen molar-refractivity contribution in [2.24, 2.45) is 0 Å². The van der Waals surface area contributed by atoms with E-state index in [2.05, 4.69) is 13.8 Å². The third-order valence-corrected chi connectivity index (χ3v) is 9.02. The van der Waals surface area contributed by atoms with Gasteiger partial charge in [-0.3, -0.25) is 18.6 Å². The molecule has 0 aliphatic carbocycles. The number of carbonyl (C=O) groups is 2. The number of hydrogen-bond acceptors (Lipinski definition) is 9. The predicted octanol–water partition coefficient (Wildman–Crippen LogP) is 8.72. The van der Waals surface area contributed by atoms with Crippen LogP contribution in [0.5, 0.6) is 0 Å². The highest BCUT2D eigenvalue weighted by atomic mass is 31.2. The van der Waals surface area contributed by atoms with Crippen molar-refractivity contribution < 1.29 is 47.8 Å². The molecule has 274 valence electrons. The first-order valence-electron chi connectivity index (χ1n) is 18.5. The standard InChI is InChI=1S/C35H69O10P/c1-3-5-7-9-10-11-12-13-14-15-16-17-18-19-20-21-23-25-27-35(39)45-33(29-37)31-43-46(40,41)42-30-32(28-36)44-34(38)26-24-22-8-6-4-2/h32-33,36-37H,3-31H2,1-2H3,(H,40,41). The highest BCUT2D eigenvalue weighted by molar-refractivity contribution is 7.47. The molecule has 0 bridgehead atoms. The number of aliphatic hydroxyl groups is 2. The lowest BCUT2D eigenvalue weighted by molar-refractivity contribution is -0.153. The molecule has 3 N–H and O–H groups in total. The van der Waals surface area contributed by atoms with Gasteiger partial charge in [0.15, 0.2) is 0 Å². The maximum absolute atomic E-state index is 12.2. The Kier molecular flexibility index (Phi) is 31.8. The van der Waals surface area contributed by atoms with Crippen LogP contribution in [-0.4, -0.2) is 65.7 Å². The molecule has 0 saturated heterocycles. The molecule has 0 amide bonds. The van der Waals surface area contributed by atoms with E-state index in [0.717, 1.165) is 44.9 Å². The van der Waals surface area contributed by atoms with E-state index in [0.29, 0.717) is 12.8 Å². The van der Waals surface area contributed by atoms with Gasteiger partial charge in [-0.2, -0.15) is 0 Å². The van der Waals surface area contributed by atoms with Crippen LogP contribution in [0.15, 0.2) is 0 Å². The van der Waals surface area contributed by atoms with Crippen molar-refractivity contribution in [3.8, 4) is 0 Å². The van der Waals surface area contributed by atoms with Crippen LogP contribution in [-0.2, 0) is 32.7 Å². The number of rotatable bonds is 35. The van der Waals surface area contributed by atoms with E-state index in [9.17, 15) is 29.3 Å². The topological polar surface area (TPSA) is 149 Å². The fraction of sp³-hybridized carbons (Fsp3) is 0.943. The zero-order chi connectivity index (χ0) is 34.1. The summed E-state index contributed by atoms with van der Waals surface area (Å²) in [5.74, 6) is -1.02. The molecule has 0 rings (SSSR count). The minimum Gasteiger partial charge on any atom is -0.457 e. The van der Waals surface area contributed by atoms with Crippen molar-refractivity contribution in [1.82, 2.24) is 0 Å². The highest BCUT2D eigenvalue weighted by Crippen LogP contribution is 2.43. The second-order valence-electron chi connectivity index (χ2n) is 12.6. The third-order valence-electron chi connectivity index (χ3n) is 8.07. The molecule has 10 nitrogen and oxygen atoms in total. The van der Waals surface area contributed by atoms with E-state index in [1.807, 2.05) is 0 Å². The van der Waals surface area contributed by atoms with E-state index in [1.165, 1.54) is 89.9 Å². The second kappa shape index (κ2) is 32.5. The summed E-state index contributed by atoms with van der Waals surface area (Å²) in [7, 11) is -4.61. The molecule has 0 heterocycles. The molecule has 0 radical (unpaired) electrons. The Morgan fingerprint density at radius 3 is 1.02 bits per heavy atom. The normalized spacial score (nSPS) is 14.1. The molecule has 0 fully saturated rings. The van der Waals surface area contributed by atoms with Gasteiger partial charge in [-0.15, -0.1) is 0 Å². The van der Waals surface area contributed by atoms with Crippen LogP contribution in [0.1, 0.15) is 174 Å². The number of carbonyl (C=O) groups excluding carboxylic acids is 2. The number of unbranched alkanes of at least 4 members (excludes halogenated alkanes) is 21. The largest absolute Gasteiger partial charge is 0.472 e. The molecule has 0 aliphatic rings. The summed E-state index contributed by atoms with van der Waals surface area (Å²) in [5, 5.41) is 18.9. The Labute approximate surface area is 280 Å². The maximum Gasteiger partial charge on any atom is 0.472 e. The second-order valence-corrected chi connectivity index (χ2v) is 14.0. The molecule has 3 unspecified atom stereocenters. The summed E-state index contributed by atoms with van der Waals surface area (Å²) in [5.41, 5.74) is 0. The Morgan fingerprint density at radius 2 is 0.761 bits per heavy atom. The number of phosphoric acid groups is 1. The quantitative estimate of drug-likeness (QED) is 0.0337. The summed E-state index contributed by atoms with van der Waals surface area (Å²) < 4.78 is 32.2. The summed E-state index contributed by atoms with van der Waals surface area (Å²) in [6.07, 6.45) is 25.7. The Balaban J connectivity index is 3.85. The molecule has 0 aromatic heterocycles. The van der Waals surface area contributed by atoms with E-state index in [-0.39, 0.29) is 12.8 Å². The van der Waals surface area contributed by atoms with Crippen LogP contribution in [0.3, 0.4) is 0 Å². The van der Waals surface area contributed by atoms with Crippen LogP contribution in [0.2, 0.25) is 0 Å². The van der Waals surface area contributed by atoms with Gasteiger partial charge in [0.2, 0.25) is 0 Å². The molecular weight excluding hydrogens is 611 g/mol. The van der Waals surface area contributed by atoms with Crippen molar-refractivity contribution in [1.29, 1.82) is 0 Å². The average molecular weight is 681 g/mol. The molecule has 0 spiro atoms. The minimum absolute atomic E-state index is 0.191. The van der Waals surface area contributed by atoms with E-state index in [1.54, 1.807) is 0 Å². The fourth-order valence-corrected chi connectivity index (χ4v) is 5.96. The first-order valence-corrected chi connectivity index (χ1v) is 20.0. The lowest BCUT2D eigenvalue weighted by Gasteiger charge is -2.20. The lowest BCUT2D eigenvalue weighted by Crippen LogP contribution is -2.28. The molecule has 0 aromatic rings. The van der Waals surface area contributed by atoms with Gasteiger partial charge < -0.3 is 24.6 Å². The lowest BCUT2D eigenvalue weighted by atomic mass is 10.0. The van der Waals surface area contributed by atoms with Gasteiger partial charge in [-0.25, -0.2) is 4.57 Å². The summed E-state index contributed by atoms with van der Waals surface area (Å²) in [6.45, 7) is 2.10. The van der Waals surface area contributed by atoms with Gasteiger partial charge in [0.1, 0.15) is 12.2 Å². The number of hydrogen-bond donors (Lipinski definition) is 3. The minimum atomic E-state index is -4.61. The number of esters is 2. The van der Waals surface area contributed by atoms with E-state index in [4.69, 9.17) is 18.5 Å². The van der Waals surface area contributed by atoms with Crippen LogP contribution in [0.4, 0.5) is 0 Å². The smallest absolute Gasteiger partial charge is 0.457 e. The first kappa shape index (κ1) is 45.0. The van der Waals surface area contributed by atoms with Gasteiger partial charge in [0.25, 0.3) is 0 Å². The van der Waals surface area contributed by atoms with Crippen molar-refractivity contribution in [2.75, 3.05) is 26.4 Å². The first-order chi connectivity index (χ1) is 22.3. The Bertz CT molecular complexity index is 751. The number of phosphoric ester groups is 1. The van der Waals surface area contributed by atoms with Crippen molar-refractivity contribution in [3.05, 3.63) is 0 Å². The van der Waals surface area contributed by atoms with Crippen LogP contribution >= 0.6 is 7.82 Å². The number of ether oxygens (including phenoxy) is 2. The maximum atomic E-state index is 12.2. The van der Waals surface area contributed by atoms with E-state index < -0.39 is 58.4 Å². The predicted molar refractivity (Wildman–Crippen MR) is 182 cm³/mol. The molecule has 3 atom stereocenters. The van der Waals surface area contributed by atoms with Crippen LogP contribution < -0.4 is 0 Å². The van der Waals surface area contributed by atoms with Gasteiger partial charge in [-0.05, 0) is 12.8 Å². The SMILES string of the molecule is CCCCCCCCCCCCCCCCCCCCC(=O)OC(CO)COP(=O)(O)OCC(CO)OC(=O)CCCCCCC. The van der Waals surface area contributed by atoms with Gasteiger partial charge in [0, 0.05) is 12.8 Å². The fourth-order valence-electron chi connectivity index (χ4n) is 5.17. The van der Waals surface area contributed by atoms with Gasteiger partial charge in [-0.1, -0.05) is 149 Å². The third kappa shape index (κ3) is 30.3. The molecule has 46 heavy (non-hydrogen) atoms. The number of aliphatic hydroxyl groups excluding tert-OH is 2. The monoisotopic (exact) mass is 680 g/mol.